The monoisotopic (exact) mass is 286 g/mol. The summed E-state index contributed by atoms with van der Waals surface area (Å²) in [5, 5.41) is 20.4. The fraction of sp³-hybridized carbons (Fsp3) is 0. The van der Waals surface area contributed by atoms with Gasteiger partial charge < -0.3 is 9.52 Å². The van der Waals surface area contributed by atoms with E-state index in [0.29, 0.717) is 16.4 Å². The Kier molecular flexibility index (Phi) is 3.18. The number of aromatic amines is 1. The number of rotatable bonds is 3. The normalized spacial score (nSPS) is 11.2. The topological polar surface area (TPSA) is 79.3 Å². The van der Waals surface area contributed by atoms with Gasteiger partial charge >= 0.3 is 0 Å². The van der Waals surface area contributed by atoms with Crippen molar-refractivity contribution in [3.05, 3.63) is 53.2 Å². The molecule has 3 aromatic rings. The molecule has 0 bridgehead atoms. The Bertz CT molecular complexity index is 785. The van der Waals surface area contributed by atoms with Crippen LogP contribution < -0.4 is 0 Å². The van der Waals surface area contributed by atoms with Gasteiger partial charge in [-0.05, 0) is 48.6 Å². The minimum atomic E-state index is 0.188. The second-order valence-corrected chi connectivity index (χ2v) is 4.36. The summed E-state index contributed by atoms with van der Waals surface area (Å²) in [5.74, 6) is 1.36. The first-order chi connectivity index (χ1) is 9.74. The number of benzene rings is 1. The molecule has 0 spiro atoms. The van der Waals surface area contributed by atoms with Crippen LogP contribution in [-0.4, -0.2) is 26.2 Å². The van der Waals surface area contributed by atoms with Crippen molar-refractivity contribution < 1.29 is 9.52 Å². The maximum atomic E-state index is 9.31. The summed E-state index contributed by atoms with van der Waals surface area (Å²) < 4.78 is 7.03. The highest BCUT2D eigenvalue weighted by Gasteiger charge is 2.07. The van der Waals surface area contributed by atoms with E-state index >= 15 is 0 Å². The van der Waals surface area contributed by atoms with Crippen LogP contribution in [0.25, 0.3) is 11.4 Å². The van der Waals surface area contributed by atoms with Gasteiger partial charge in [0.05, 0.1) is 12.5 Å². The van der Waals surface area contributed by atoms with Gasteiger partial charge in [0.2, 0.25) is 4.77 Å². The zero-order valence-electron chi connectivity index (χ0n) is 10.2. The van der Waals surface area contributed by atoms with E-state index in [1.807, 2.05) is 0 Å². The first-order valence-electron chi connectivity index (χ1n) is 5.79. The Balaban J connectivity index is 2.01. The largest absolute Gasteiger partial charge is 0.508 e. The lowest BCUT2D eigenvalue weighted by Crippen LogP contribution is -1.94. The molecule has 7 heteroatoms. The van der Waals surface area contributed by atoms with Crippen molar-refractivity contribution in [3.8, 4) is 17.1 Å². The van der Waals surface area contributed by atoms with Gasteiger partial charge in [0.1, 0.15) is 11.5 Å². The second kappa shape index (κ2) is 5.14. The number of nitrogens with zero attached hydrogens (tertiary/aromatic N) is 3. The molecule has 1 aromatic carbocycles. The van der Waals surface area contributed by atoms with Crippen molar-refractivity contribution in [1.29, 1.82) is 0 Å². The Labute approximate surface area is 119 Å². The van der Waals surface area contributed by atoms with E-state index in [1.54, 1.807) is 48.9 Å². The molecule has 0 aliphatic rings. The highest BCUT2D eigenvalue weighted by Crippen LogP contribution is 2.20. The molecule has 0 amide bonds. The number of hydrogen-bond donors (Lipinski definition) is 2. The van der Waals surface area contributed by atoms with Crippen LogP contribution in [0.4, 0.5) is 0 Å². The maximum Gasteiger partial charge on any atom is 0.216 e. The number of aromatic hydroxyl groups is 1. The van der Waals surface area contributed by atoms with Gasteiger partial charge in [0.15, 0.2) is 5.82 Å². The van der Waals surface area contributed by atoms with Crippen molar-refractivity contribution >= 4 is 18.4 Å². The maximum absolute atomic E-state index is 9.31. The first-order valence-corrected chi connectivity index (χ1v) is 6.19. The Hall–Kier alpha value is -2.67. The Morgan fingerprint density at radius 1 is 1.30 bits per heavy atom. The Morgan fingerprint density at radius 2 is 2.10 bits per heavy atom. The minimum Gasteiger partial charge on any atom is -0.508 e. The molecule has 6 nitrogen and oxygen atoms in total. The van der Waals surface area contributed by atoms with E-state index in [4.69, 9.17) is 16.6 Å². The van der Waals surface area contributed by atoms with E-state index in [9.17, 15) is 5.11 Å². The van der Waals surface area contributed by atoms with Crippen LogP contribution in [0.15, 0.2) is 52.2 Å². The van der Waals surface area contributed by atoms with E-state index in [-0.39, 0.29) is 5.75 Å². The lowest BCUT2D eigenvalue weighted by Gasteiger charge is -2.00. The lowest BCUT2D eigenvalue weighted by atomic mass is 10.2. The molecule has 2 heterocycles. The predicted molar refractivity (Wildman–Crippen MR) is 76.2 cm³/mol. The minimum absolute atomic E-state index is 0.188. The average Bonchev–Trinajstić information content (AvgIpc) is 3.07. The summed E-state index contributed by atoms with van der Waals surface area (Å²) in [6.45, 7) is 0. The van der Waals surface area contributed by atoms with E-state index in [0.717, 1.165) is 5.56 Å². The second-order valence-electron chi connectivity index (χ2n) is 3.97. The molecule has 0 aliphatic heterocycles. The van der Waals surface area contributed by atoms with Crippen LogP contribution in [0.3, 0.4) is 0 Å². The van der Waals surface area contributed by atoms with Crippen molar-refractivity contribution in [3.63, 3.8) is 0 Å². The van der Waals surface area contributed by atoms with Gasteiger partial charge in [0, 0.05) is 5.56 Å². The summed E-state index contributed by atoms with van der Waals surface area (Å²) in [4.78, 5) is 0. The number of aromatic nitrogens is 3. The first kappa shape index (κ1) is 12.4. The number of furan rings is 1. The fourth-order valence-corrected chi connectivity index (χ4v) is 1.85. The summed E-state index contributed by atoms with van der Waals surface area (Å²) in [6, 6.07) is 10.2. The van der Waals surface area contributed by atoms with Gasteiger partial charge in [-0.1, -0.05) is 0 Å². The smallest absolute Gasteiger partial charge is 0.216 e. The zero-order chi connectivity index (χ0) is 13.9. The van der Waals surface area contributed by atoms with Crippen LogP contribution in [0, 0.1) is 4.77 Å². The third-order valence-corrected chi connectivity index (χ3v) is 2.88. The van der Waals surface area contributed by atoms with Gasteiger partial charge in [-0.3, -0.25) is 0 Å². The molecular weight excluding hydrogens is 276 g/mol. The molecule has 2 aromatic heterocycles. The number of H-pyrrole nitrogens is 1. The highest BCUT2D eigenvalue weighted by atomic mass is 32.1. The summed E-state index contributed by atoms with van der Waals surface area (Å²) >= 11 is 5.14. The molecule has 0 fully saturated rings. The highest BCUT2D eigenvalue weighted by molar-refractivity contribution is 7.71. The van der Waals surface area contributed by atoms with Gasteiger partial charge in [-0.15, -0.1) is 0 Å². The van der Waals surface area contributed by atoms with Crippen LogP contribution in [0.2, 0.25) is 0 Å². The fourth-order valence-electron chi connectivity index (χ4n) is 1.68. The number of phenolic OH excluding ortho intramolecular Hbond substituents is 1. The molecule has 100 valence electrons. The molecule has 0 unspecified atom stereocenters. The van der Waals surface area contributed by atoms with Gasteiger partial charge in [-0.2, -0.15) is 14.9 Å². The summed E-state index contributed by atoms with van der Waals surface area (Å²) in [6.07, 6.45) is 3.12. The quantitative estimate of drug-likeness (QED) is 0.573. The average molecular weight is 286 g/mol. The van der Waals surface area contributed by atoms with Crippen molar-refractivity contribution in [1.82, 2.24) is 14.9 Å². The van der Waals surface area contributed by atoms with E-state index in [2.05, 4.69) is 15.3 Å². The van der Waals surface area contributed by atoms with Crippen LogP contribution >= 0.6 is 12.2 Å². The molecule has 20 heavy (non-hydrogen) atoms. The third kappa shape index (κ3) is 2.39. The van der Waals surface area contributed by atoms with Gasteiger partial charge in [-0.25, -0.2) is 5.10 Å². The van der Waals surface area contributed by atoms with Crippen molar-refractivity contribution in [2.24, 2.45) is 5.10 Å². The van der Waals surface area contributed by atoms with Crippen molar-refractivity contribution in [2.75, 3.05) is 0 Å². The molecule has 0 saturated carbocycles. The lowest BCUT2D eigenvalue weighted by molar-refractivity contribution is 0.475. The van der Waals surface area contributed by atoms with Crippen molar-refractivity contribution in [2.45, 2.75) is 0 Å². The SMILES string of the molecule is Oc1ccc(-c2n[nH]c(=S)n2/N=C/c2ccco2)cc1. The Morgan fingerprint density at radius 3 is 2.80 bits per heavy atom. The molecule has 0 saturated heterocycles. The number of hydrogen-bond acceptors (Lipinski definition) is 5. The molecular formula is C13H10N4O2S. The number of phenols is 1. The standard InChI is InChI=1S/C13H10N4O2S/c18-10-5-3-9(4-6-10)12-15-16-13(20)17(12)14-8-11-2-1-7-19-11/h1-8,18H,(H,16,20)/b14-8+. The zero-order valence-corrected chi connectivity index (χ0v) is 11.0. The molecule has 0 atom stereocenters. The van der Waals surface area contributed by atoms with Crippen LogP contribution in [-0.2, 0) is 0 Å². The molecule has 0 aliphatic carbocycles. The van der Waals surface area contributed by atoms with Crippen LogP contribution in [0.1, 0.15) is 5.76 Å². The number of nitrogens with one attached hydrogen (secondary N) is 1. The third-order valence-electron chi connectivity index (χ3n) is 2.62. The predicted octanol–water partition coefficient (Wildman–Crippen LogP) is 2.79. The molecule has 2 N–H and O–H groups in total. The van der Waals surface area contributed by atoms with E-state index < -0.39 is 0 Å². The molecule has 0 radical (unpaired) electrons. The van der Waals surface area contributed by atoms with E-state index in [1.165, 1.54) is 4.68 Å². The summed E-state index contributed by atoms with van der Waals surface area (Å²) in [7, 11) is 0. The summed E-state index contributed by atoms with van der Waals surface area (Å²) in [5.41, 5.74) is 0.784. The van der Waals surface area contributed by atoms with Crippen LogP contribution in [0.5, 0.6) is 5.75 Å². The van der Waals surface area contributed by atoms with Gasteiger partial charge in [0.25, 0.3) is 0 Å². The molecule has 3 rings (SSSR count).